The molecule has 2 N–H and O–H groups in total. The predicted octanol–water partition coefficient (Wildman–Crippen LogP) is 0.934. The number of nitrogens with zero attached hydrogens (tertiary/aromatic N) is 1. The number of nitrogens with two attached hydrogens (primary N) is 1. The van der Waals surface area contributed by atoms with Gasteiger partial charge in [-0.1, -0.05) is 6.92 Å². The van der Waals surface area contributed by atoms with Crippen LogP contribution >= 0.6 is 0 Å². The van der Waals surface area contributed by atoms with Gasteiger partial charge in [0, 0.05) is 0 Å². The Balaban J connectivity index is 3.35. The van der Waals surface area contributed by atoms with Crippen LogP contribution in [0.2, 0.25) is 0 Å². The van der Waals surface area contributed by atoms with Crippen molar-refractivity contribution in [2.75, 3.05) is 11.5 Å². The van der Waals surface area contributed by atoms with Crippen molar-refractivity contribution in [2.24, 2.45) is 0 Å². The zero-order chi connectivity index (χ0) is 10.8. The van der Waals surface area contributed by atoms with E-state index >= 15 is 0 Å². The second-order valence-corrected chi connectivity index (χ2v) is 5.01. The molecule has 0 aliphatic rings. The third-order valence-corrected chi connectivity index (χ3v) is 3.66. The van der Waals surface area contributed by atoms with Crippen LogP contribution in [0.1, 0.15) is 12.5 Å². The zero-order valence-corrected chi connectivity index (χ0v) is 8.50. The smallest absolute Gasteiger partial charge is 0.180 e. The Morgan fingerprint density at radius 1 is 1.50 bits per heavy atom. The van der Waals surface area contributed by atoms with Crippen LogP contribution in [0.5, 0.6) is 0 Å². The van der Waals surface area contributed by atoms with Gasteiger partial charge in [0.25, 0.3) is 0 Å². The maximum absolute atomic E-state index is 11.5. The number of nitrogen functional groups attached to an aromatic ring is 1. The molecule has 0 aliphatic carbocycles. The van der Waals surface area contributed by atoms with Gasteiger partial charge >= 0.3 is 0 Å². The van der Waals surface area contributed by atoms with Crippen molar-refractivity contribution in [1.29, 1.82) is 5.26 Å². The lowest BCUT2D eigenvalue weighted by Crippen LogP contribution is -2.07. The maximum Gasteiger partial charge on any atom is 0.180 e. The summed E-state index contributed by atoms with van der Waals surface area (Å²) in [6, 6.07) is 6.06. The molecule has 0 saturated heterocycles. The Labute approximate surface area is 82.9 Å². The Bertz CT molecular complexity index is 486. The molecule has 0 unspecified atom stereocenters. The van der Waals surface area contributed by atoms with Crippen LogP contribution in [-0.4, -0.2) is 14.2 Å². The highest BCUT2D eigenvalue weighted by molar-refractivity contribution is 7.91. The van der Waals surface area contributed by atoms with E-state index in [0.717, 1.165) is 0 Å². The largest absolute Gasteiger partial charge is 0.398 e. The molecule has 74 valence electrons. The first-order chi connectivity index (χ1) is 6.51. The van der Waals surface area contributed by atoms with E-state index in [0.29, 0.717) is 5.56 Å². The molecule has 0 atom stereocenters. The van der Waals surface area contributed by atoms with Crippen LogP contribution in [0, 0.1) is 11.3 Å². The summed E-state index contributed by atoms with van der Waals surface area (Å²) in [5, 5.41) is 8.56. The normalized spacial score (nSPS) is 10.9. The minimum absolute atomic E-state index is 0.00308. The minimum atomic E-state index is -3.29. The Kier molecular flexibility index (Phi) is 2.77. The van der Waals surface area contributed by atoms with E-state index in [-0.39, 0.29) is 16.3 Å². The minimum Gasteiger partial charge on any atom is -0.398 e. The van der Waals surface area contributed by atoms with Gasteiger partial charge in [-0.25, -0.2) is 8.42 Å². The van der Waals surface area contributed by atoms with Crippen molar-refractivity contribution in [2.45, 2.75) is 11.8 Å². The molecule has 0 aliphatic heterocycles. The van der Waals surface area contributed by atoms with Crippen molar-refractivity contribution in [3.63, 3.8) is 0 Å². The maximum atomic E-state index is 11.5. The zero-order valence-electron chi connectivity index (χ0n) is 7.69. The molecule has 0 aromatic heterocycles. The number of hydrogen-bond donors (Lipinski definition) is 1. The highest BCUT2D eigenvalue weighted by Crippen LogP contribution is 2.20. The lowest BCUT2D eigenvalue weighted by atomic mass is 10.2. The van der Waals surface area contributed by atoms with E-state index in [1.807, 2.05) is 6.07 Å². The van der Waals surface area contributed by atoms with Crippen LogP contribution in [0.25, 0.3) is 0 Å². The first kappa shape index (κ1) is 10.5. The van der Waals surface area contributed by atoms with Gasteiger partial charge in [-0.3, -0.25) is 0 Å². The van der Waals surface area contributed by atoms with Gasteiger partial charge in [0.15, 0.2) is 9.84 Å². The van der Waals surface area contributed by atoms with Crippen molar-refractivity contribution >= 4 is 15.5 Å². The van der Waals surface area contributed by atoms with Gasteiger partial charge in [0.05, 0.1) is 28.0 Å². The molecule has 1 aromatic rings. The molecule has 5 heteroatoms. The van der Waals surface area contributed by atoms with Crippen LogP contribution < -0.4 is 5.73 Å². The molecule has 1 aromatic carbocycles. The van der Waals surface area contributed by atoms with Gasteiger partial charge < -0.3 is 5.73 Å². The van der Waals surface area contributed by atoms with Crippen LogP contribution in [0.4, 0.5) is 5.69 Å². The van der Waals surface area contributed by atoms with Gasteiger partial charge in [-0.15, -0.1) is 0 Å². The monoisotopic (exact) mass is 210 g/mol. The van der Waals surface area contributed by atoms with E-state index in [9.17, 15) is 8.42 Å². The number of hydrogen-bond acceptors (Lipinski definition) is 4. The quantitative estimate of drug-likeness (QED) is 0.736. The Morgan fingerprint density at radius 3 is 2.57 bits per heavy atom. The molecule has 0 heterocycles. The topological polar surface area (TPSA) is 84.0 Å². The summed E-state index contributed by atoms with van der Waals surface area (Å²) in [5.41, 5.74) is 6.02. The number of sulfone groups is 1. The van der Waals surface area contributed by atoms with Crippen molar-refractivity contribution in [3.8, 4) is 6.07 Å². The Hall–Kier alpha value is -1.54. The fourth-order valence-corrected chi connectivity index (χ4v) is 2.06. The molecule has 0 spiro atoms. The summed E-state index contributed by atoms with van der Waals surface area (Å²) in [7, 11) is -3.29. The van der Waals surface area contributed by atoms with Crippen LogP contribution in [0.3, 0.4) is 0 Å². The van der Waals surface area contributed by atoms with Gasteiger partial charge in [-0.05, 0) is 18.2 Å². The lowest BCUT2D eigenvalue weighted by molar-refractivity contribution is 0.597. The van der Waals surface area contributed by atoms with E-state index in [2.05, 4.69) is 0 Å². The van der Waals surface area contributed by atoms with Crippen molar-refractivity contribution in [1.82, 2.24) is 0 Å². The molecule has 0 fully saturated rings. The number of rotatable bonds is 2. The summed E-state index contributed by atoms with van der Waals surface area (Å²) >= 11 is 0. The highest BCUT2D eigenvalue weighted by atomic mass is 32.2. The predicted molar refractivity (Wildman–Crippen MR) is 53.3 cm³/mol. The second-order valence-electron chi connectivity index (χ2n) is 2.77. The van der Waals surface area contributed by atoms with Crippen LogP contribution in [-0.2, 0) is 9.84 Å². The third kappa shape index (κ3) is 1.86. The first-order valence-corrected chi connectivity index (χ1v) is 5.69. The first-order valence-electron chi connectivity index (χ1n) is 4.03. The lowest BCUT2D eigenvalue weighted by Gasteiger charge is -2.04. The molecule has 0 bridgehead atoms. The van der Waals surface area contributed by atoms with E-state index in [1.165, 1.54) is 18.2 Å². The molecular formula is C9H10N2O2S. The third-order valence-electron chi connectivity index (χ3n) is 1.85. The molecule has 0 saturated carbocycles. The average Bonchev–Trinajstić information content (AvgIpc) is 2.17. The van der Waals surface area contributed by atoms with E-state index < -0.39 is 9.84 Å². The summed E-state index contributed by atoms with van der Waals surface area (Å²) in [4.78, 5) is 0.0963. The molecule has 0 radical (unpaired) electrons. The van der Waals surface area contributed by atoms with E-state index in [1.54, 1.807) is 6.92 Å². The highest BCUT2D eigenvalue weighted by Gasteiger charge is 2.14. The summed E-state index contributed by atoms with van der Waals surface area (Å²) in [6.07, 6.45) is 0. The summed E-state index contributed by atoms with van der Waals surface area (Å²) in [5.74, 6) is 0.00308. The van der Waals surface area contributed by atoms with Crippen molar-refractivity contribution in [3.05, 3.63) is 23.8 Å². The molecule has 4 nitrogen and oxygen atoms in total. The average molecular weight is 210 g/mol. The summed E-state index contributed by atoms with van der Waals surface area (Å²) < 4.78 is 22.9. The second kappa shape index (κ2) is 3.68. The standard InChI is InChI=1S/C9H10N2O2S/c1-2-14(12,13)9-4-3-7(6-10)5-8(9)11/h3-5H,2,11H2,1H3. The number of nitriles is 1. The number of anilines is 1. The van der Waals surface area contributed by atoms with E-state index in [4.69, 9.17) is 11.0 Å². The van der Waals surface area contributed by atoms with Gasteiger partial charge in [-0.2, -0.15) is 5.26 Å². The SMILES string of the molecule is CCS(=O)(=O)c1ccc(C#N)cc1N. The van der Waals surface area contributed by atoms with Gasteiger partial charge in [0.1, 0.15) is 0 Å². The Morgan fingerprint density at radius 2 is 2.14 bits per heavy atom. The molecule has 14 heavy (non-hydrogen) atoms. The van der Waals surface area contributed by atoms with Crippen LogP contribution in [0.15, 0.2) is 23.1 Å². The fourth-order valence-electron chi connectivity index (χ4n) is 1.06. The van der Waals surface area contributed by atoms with Crippen molar-refractivity contribution < 1.29 is 8.42 Å². The number of benzene rings is 1. The molecule has 1 rings (SSSR count). The van der Waals surface area contributed by atoms with Gasteiger partial charge in [0.2, 0.25) is 0 Å². The molecule has 0 amide bonds. The molecular weight excluding hydrogens is 200 g/mol. The fraction of sp³-hybridized carbons (Fsp3) is 0.222. The summed E-state index contributed by atoms with van der Waals surface area (Å²) in [6.45, 7) is 1.55.